The molecule has 0 aromatic heterocycles. The van der Waals surface area contributed by atoms with Gasteiger partial charge in [0.1, 0.15) is 11.5 Å². The lowest BCUT2D eigenvalue weighted by molar-refractivity contribution is -0.664. The van der Waals surface area contributed by atoms with E-state index >= 15 is 0 Å². The summed E-state index contributed by atoms with van der Waals surface area (Å²) in [4.78, 5) is 23.8. The number of carbonyl (C=O) groups excluding carboxylic acids is 2. The molecule has 8 N–H and O–H groups in total. The first-order valence-electron chi connectivity index (χ1n) is 12.3. The standard InChI is InChI=1S/C26H38N4O4/c31-23-9-3-7-21(17-23)19-25(33)29-15-5-13-27-11-1-2-12-28-14-6-16-30-26(34)20-22-8-4-10-24(32)18-22/h3-4,7-10,17-18,27-28,31-32H,1-2,5-6,11-16,19-20H2,(H,29,33)(H,30,34)/p+2. The number of aromatic hydroxyl groups is 2. The van der Waals surface area contributed by atoms with Gasteiger partial charge < -0.3 is 31.5 Å². The molecule has 0 bridgehead atoms. The molecule has 34 heavy (non-hydrogen) atoms. The van der Waals surface area contributed by atoms with Crippen LogP contribution in [0.15, 0.2) is 48.5 Å². The first kappa shape index (κ1) is 27.1. The lowest BCUT2D eigenvalue weighted by Crippen LogP contribution is -2.86. The molecule has 8 heteroatoms. The number of hydrogen-bond donors (Lipinski definition) is 6. The summed E-state index contributed by atoms with van der Waals surface area (Å²) in [5, 5.41) is 29.3. The number of quaternary nitrogens is 2. The van der Waals surface area contributed by atoms with Crippen LogP contribution in [0.4, 0.5) is 0 Å². The van der Waals surface area contributed by atoms with Crippen LogP contribution >= 0.6 is 0 Å². The van der Waals surface area contributed by atoms with Crippen molar-refractivity contribution < 1.29 is 30.4 Å². The summed E-state index contributed by atoms with van der Waals surface area (Å²) >= 11 is 0. The first-order valence-corrected chi connectivity index (χ1v) is 12.3. The van der Waals surface area contributed by atoms with Gasteiger partial charge in [-0.2, -0.15) is 0 Å². The number of nitrogens with one attached hydrogen (secondary N) is 2. The van der Waals surface area contributed by atoms with Crippen molar-refractivity contribution >= 4 is 11.8 Å². The van der Waals surface area contributed by atoms with E-state index in [1.807, 2.05) is 12.1 Å². The van der Waals surface area contributed by atoms with Gasteiger partial charge in [-0.05, 0) is 35.4 Å². The zero-order valence-electron chi connectivity index (χ0n) is 20.0. The number of unbranched alkanes of at least 4 members (excludes halogenated alkanes) is 1. The molecular weight excluding hydrogens is 432 g/mol. The van der Waals surface area contributed by atoms with Crippen molar-refractivity contribution in [2.45, 2.75) is 38.5 Å². The second kappa shape index (κ2) is 16.5. The van der Waals surface area contributed by atoms with Crippen LogP contribution in [0.1, 0.15) is 36.8 Å². The topological polar surface area (TPSA) is 132 Å². The minimum atomic E-state index is -0.0165. The summed E-state index contributed by atoms with van der Waals surface area (Å²) in [7, 11) is 0. The van der Waals surface area contributed by atoms with Crippen LogP contribution in [0.2, 0.25) is 0 Å². The van der Waals surface area contributed by atoms with Crippen LogP contribution in [-0.2, 0) is 22.4 Å². The molecule has 0 aliphatic rings. The number of phenolic OH excluding ortho intramolecular Hbond substituents is 2. The van der Waals surface area contributed by atoms with Crippen molar-refractivity contribution in [3.63, 3.8) is 0 Å². The summed E-state index contributed by atoms with van der Waals surface area (Å²) in [5.41, 5.74) is 1.63. The predicted molar refractivity (Wildman–Crippen MR) is 131 cm³/mol. The molecule has 0 saturated carbocycles. The number of hydrogen-bond acceptors (Lipinski definition) is 4. The highest BCUT2D eigenvalue weighted by Gasteiger charge is 2.05. The maximum Gasteiger partial charge on any atom is 0.224 e. The van der Waals surface area contributed by atoms with Crippen LogP contribution in [-0.4, -0.2) is 61.3 Å². The zero-order valence-corrected chi connectivity index (χ0v) is 20.0. The number of nitrogens with two attached hydrogens (primary N) is 2. The number of carbonyl (C=O) groups is 2. The van der Waals surface area contributed by atoms with E-state index in [9.17, 15) is 19.8 Å². The second-order valence-corrected chi connectivity index (χ2v) is 8.54. The van der Waals surface area contributed by atoms with E-state index in [0.717, 1.165) is 50.1 Å². The lowest BCUT2D eigenvalue weighted by atomic mass is 10.1. The van der Waals surface area contributed by atoms with Crippen LogP contribution in [0, 0.1) is 0 Å². The van der Waals surface area contributed by atoms with Gasteiger partial charge in [-0.1, -0.05) is 24.3 Å². The molecule has 0 atom stereocenters. The average Bonchev–Trinajstić information content (AvgIpc) is 2.79. The fourth-order valence-electron chi connectivity index (χ4n) is 3.64. The summed E-state index contributed by atoms with van der Waals surface area (Å²) in [6.45, 7) is 5.53. The van der Waals surface area contributed by atoms with Gasteiger partial charge in [-0.25, -0.2) is 0 Å². The van der Waals surface area contributed by atoms with Crippen LogP contribution in [0.25, 0.3) is 0 Å². The largest absolute Gasteiger partial charge is 0.508 e. The predicted octanol–water partition coefficient (Wildman–Crippen LogP) is -0.197. The third-order valence-electron chi connectivity index (χ3n) is 5.43. The Morgan fingerprint density at radius 3 is 1.47 bits per heavy atom. The fraction of sp³-hybridized carbons (Fsp3) is 0.462. The molecule has 2 aromatic rings. The first-order chi connectivity index (χ1) is 16.5. The van der Waals surface area contributed by atoms with Crippen molar-refractivity contribution in [1.29, 1.82) is 0 Å². The highest BCUT2D eigenvalue weighted by molar-refractivity contribution is 5.79. The third-order valence-corrected chi connectivity index (χ3v) is 5.43. The molecule has 0 spiro atoms. The zero-order chi connectivity index (χ0) is 24.4. The highest BCUT2D eigenvalue weighted by atomic mass is 16.3. The Kier molecular flexibility index (Phi) is 13.2. The molecule has 186 valence electrons. The second-order valence-electron chi connectivity index (χ2n) is 8.54. The van der Waals surface area contributed by atoms with Gasteiger partial charge >= 0.3 is 0 Å². The quantitative estimate of drug-likeness (QED) is 0.178. The molecule has 8 nitrogen and oxygen atoms in total. The Bertz CT molecular complexity index is 804. The van der Waals surface area contributed by atoms with Crippen molar-refractivity contribution in [3.8, 4) is 11.5 Å². The SMILES string of the molecule is O=C(Cc1cccc(O)c1)NCCC[NH2+]CCCC[NH2+]CCCNC(=O)Cc1cccc(O)c1. The van der Waals surface area contributed by atoms with Gasteiger partial charge in [0.25, 0.3) is 0 Å². The Morgan fingerprint density at radius 1 is 0.647 bits per heavy atom. The van der Waals surface area contributed by atoms with E-state index in [2.05, 4.69) is 21.3 Å². The molecule has 0 radical (unpaired) electrons. The monoisotopic (exact) mass is 472 g/mol. The van der Waals surface area contributed by atoms with Crippen molar-refractivity contribution in [1.82, 2.24) is 10.6 Å². The Morgan fingerprint density at radius 2 is 1.06 bits per heavy atom. The minimum Gasteiger partial charge on any atom is -0.508 e. The van der Waals surface area contributed by atoms with E-state index in [1.165, 1.54) is 12.8 Å². The number of rotatable bonds is 17. The summed E-state index contributed by atoms with van der Waals surface area (Å²) in [6, 6.07) is 13.6. The number of benzene rings is 2. The fourth-order valence-corrected chi connectivity index (χ4v) is 3.64. The smallest absolute Gasteiger partial charge is 0.224 e. The Labute approximate surface area is 202 Å². The van der Waals surface area contributed by atoms with Crippen LogP contribution in [0.3, 0.4) is 0 Å². The van der Waals surface area contributed by atoms with Gasteiger partial charge in [0.15, 0.2) is 0 Å². The van der Waals surface area contributed by atoms with Gasteiger partial charge in [-0.15, -0.1) is 0 Å². The Balaban J connectivity index is 1.32. The molecule has 2 amide bonds. The molecule has 2 aromatic carbocycles. The van der Waals surface area contributed by atoms with E-state index < -0.39 is 0 Å². The molecule has 0 fully saturated rings. The molecule has 2 rings (SSSR count). The van der Waals surface area contributed by atoms with E-state index in [-0.39, 0.29) is 23.3 Å². The molecule has 0 aliphatic heterocycles. The molecular formula is C26H40N4O4+2. The maximum atomic E-state index is 11.9. The van der Waals surface area contributed by atoms with E-state index in [1.54, 1.807) is 36.4 Å². The summed E-state index contributed by atoms with van der Waals surface area (Å²) < 4.78 is 0. The maximum absolute atomic E-state index is 11.9. The summed E-state index contributed by atoms with van der Waals surface area (Å²) in [6.07, 6.45) is 4.80. The summed E-state index contributed by atoms with van der Waals surface area (Å²) in [5.74, 6) is 0.335. The van der Waals surface area contributed by atoms with Crippen molar-refractivity contribution in [2.24, 2.45) is 0 Å². The van der Waals surface area contributed by atoms with Gasteiger partial charge in [-0.3, -0.25) is 9.59 Å². The number of phenols is 2. The van der Waals surface area contributed by atoms with Gasteiger partial charge in [0.2, 0.25) is 11.8 Å². The Hall–Kier alpha value is -3.10. The normalized spacial score (nSPS) is 10.7. The van der Waals surface area contributed by atoms with Crippen molar-refractivity contribution in [3.05, 3.63) is 59.7 Å². The van der Waals surface area contributed by atoms with Crippen LogP contribution in [0.5, 0.6) is 11.5 Å². The van der Waals surface area contributed by atoms with Gasteiger partial charge in [0, 0.05) is 38.8 Å². The van der Waals surface area contributed by atoms with E-state index in [0.29, 0.717) is 25.9 Å². The van der Waals surface area contributed by atoms with E-state index in [4.69, 9.17) is 0 Å². The van der Waals surface area contributed by atoms with Gasteiger partial charge in [0.05, 0.1) is 39.0 Å². The minimum absolute atomic E-state index is 0.0165. The molecule has 0 heterocycles. The third kappa shape index (κ3) is 12.8. The van der Waals surface area contributed by atoms with Crippen molar-refractivity contribution in [2.75, 3.05) is 39.3 Å². The molecule has 0 unspecified atom stereocenters. The average molecular weight is 473 g/mol. The van der Waals surface area contributed by atoms with Crippen LogP contribution < -0.4 is 21.3 Å². The molecule has 0 saturated heterocycles. The number of amides is 2. The lowest BCUT2D eigenvalue weighted by Gasteiger charge is -2.06. The highest BCUT2D eigenvalue weighted by Crippen LogP contribution is 2.11. The molecule has 0 aliphatic carbocycles.